The Morgan fingerprint density at radius 3 is 2.41 bits per heavy atom. The maximum atomic E-state index is 4.23. The van der Waals surface area contributed by atoms with Crippen LogP contribution in [0.15, 0.2) is 48.7 Å². The molecule has 0 saturated carbocycles. The Morgan fingerprint density at radius 1 is 1.06 bits per heavy atom. The van der Waals surface area contributed by atoms with Gasteiger partial charge in [0, 0.05) is 18.4 Å². The van der Waals surface area contributed by atoms with Gasteiger partial charge in [0.1, 0.15) is 5.82 Å². The fourth-order valence-electron chi connectivity index (χ4n) is 1.64. The highest BCUT2D eigenvalue weighted by Gasteiger charge is 1.97. The van der Waals surface area contributed by atoms with Gasteiger partial charge < -0.3 is 10.2 Å². The summed E-state index contributed by atoms with van der Waals surface area (Å²) in [5, 5.41) is 3.26. The number of aromatic nitrogens is 1. The lowest BCUT2D eigenvalue weighted by Crippen LogP contribution is -2.10. The summed E-state index contributed by atoms with van der Waals surface area (Å²) >= 11 is 0. The highest BCUT2D eigenvalue weighted by Crippen LogP contribution is 2.15. The van der Waals surface area contributed by atoms with Crippen molar-refractivity contribution in [1.29, 1.82) is 0 Å². The lowest BCUT2D eigenvalue weighted by Gasteiger charge is -2.10. The number of nitrogens with zero attached hydrogens (tertiary/aromatic N) is 2. The van der Waals surface area contributed by atoms with Crippen LogP contribution in [0.2, 0.25) is 0 Å². The molecule has 1 aromatic heterocycles. The minimum atomic E-state index is 0.868. The van der Waals surface area contributed by atoms with E-state index >= 15 is 0 Å². The third-order valence-corrected chi connectivity index (χ3v) is 2.39. The monoisotopic (exact) mass is 227 g/mol. The molecule has 0 unspecified atom stereocenters. The Bertz CT molecular complexity index is 449. The number of nitrogens with one attached hydrogen (secondary N) is 1. The van der Waals surface area contributed by atoms with Gasteiger partial charge in [0.05, 0.1) is 0 Å². The van der Waals surface area contributed by atoms with Crippen molar-refractivity contribution >= 4 is 11.5 Å². The van der Waals surface area contributed by atoms with Gasteiger partial charge in [-0.2, -0.15) is 0 Å². The fourth-order valence-corrected chi connectivity index (χ4v) is 1.64. The van der Waals surface area contributed by atoms with Crippen molar-refractivity contribution in [2.75, 3.05) is 19.4 Å². The molecule has 1 heterocycles. The zero-order valence-electron chi connectivity index (χ0n) is 10.2. The van der Waals surface area contributed by atoms with Gasteiger partial charge in [-0.05, 0) is 43.9 Å². The van der Waals surface area contributed by atoms with Gasteiger partial charge in [-0.15, -0.1) is 0 Å². The van der Waals surface area contributed by atoms with E-state index in [1.165, 1.54) is 5.56 Å². The molecule has 2 aromatic rings. The van der Waals surface area contributed by atoms with E-state index in [2.05, 4.69) is 53.6 Å². The summed E-state index contributed by atoms with van der Waals surface area (Å²) in [6.45, 7) is 0.962. The van der Waals surface area contributed by atoms with Crippen LogP contribution in [0.4, 0.5) is 11.5 Å². The maximum Gasteiger partial charge on any atom is 0.130 e. The summed E-state index contributed by atoms with van der Waals surface area (Å²) in [5.74, 6) is 0.868. The molecule has 0 aliphatic rings. The summed E-state index contributed by atoms with van der Waals surface area (Å²) < 4.78 is 0. The Kier molecular flexibility index (Phi) is 3.73. The predicted octanol–water partition coefficient (Wildman–Crippen LogP) is 2.89. The van der Waals surface area contributed by atoms with Crippen LogP contribution in [-0.2, 0) is 6.54 Å². The molecular weight excluding hydrogens is 210 g/mol. The lowest BCUT2D eigenvalue weighted by atomic mass is 10.2. The van der Waals surface area contributed by atoms with Crippen LogP contribution in [0.3, 0.4) is 0 Å². The van der Waals surface area contributed by atoms with Crippen LogP contribution in [0.1, 0.15) is 5.56 Å². The van der Waals surface area contributed by atoms with Crippen LogP contribution in [-0.4, -0.2) is 24.0 Å². The molecule has 0 amide bonds. The predicted molar refractivity (Wildman–Crippen MR) is 71.4 cm³/mol. The molecule has 0 spiro atoms. The van der Waals surface area contributed by atoms with Crippen LogP contribution >= 0.6 is 0 Å². The number of rotatable bonds is 4. The zero-order chi connectivity index (χ0) is 12.1. The SMILES string of the molecule is CN(C)Cc1ccc(Nc2ccccn2)cc1. The van der Waals surface area contributed by atoms with Crippen molar-refractivity contribution in [3.8, 4) is 0 Å². The van der Waals surface area contributed by atoms with E-state index in [1.54, 1.807) is 6.20 Å². The van der Waals surface area contributed by atoms with E-state index in [-0.39, 0.29) is 0 Å². The highest BCUT2D eigenvalue weighted by molar-refractivity contribution is 5.56. The van der Waals surface area contributed by atoms with Gasteiger partial charge in [0.15, 0.2) is 0 Å². The number of hydrogen-bond donors (Lipinski definition) is 1. The molecular formula is C14H17N3. The average molecular weight is 227 g/mol. The standard InChI is InChI=1S/C14H17N3/c1-17(2)11-12-6-8-13(9-7-12)16-14-5-3-4-10-15-14/h3-10H,11H2,1-2H3,(H,15,16). The van der Waals surface area contributed by atoms with E-state index < -0.39 is 0 Å². The van der Waals surface area contributed by atoms with Crippen molar-refractivity contribution in [3.63, 3.8) is 0 Å². The fraction of sp³-hybridized carbons (Fsp3) is 0.214. The first-order valence-corrected chi connectivity index (χ1v) is 5.66. The lowest BCUT2D eigenvalue weighted by molar-refractivity contribution is 0.402. The highest BCUT2D eigenvalue weighted by atomic mass is 15.0. The molecule has 88 valence electrons. The molecule has 3 heteroatoms. The number of hydrogen-bond acceptors (Lipinski definition) is 3. The molecule has 0 bridgehead atoms. The maximum absolute atomic E-state index is 4.23. The molecule has 0 atom stereocenters. The first-order chi connectivity index (χ1) is 8.24. The first kappa shape index (κ1) is 11.6. The molecule has 17 heavy (non-hydrogen) atoms. The van der Waals surface area contributed by atoms with Crippen molar-refractivity contribution in [1.82, 2.24) is 9.88 Å². The second-order valence-corrected chi connectivity index (χ2v) is 4.27. The molecule has 1 aromatic carbocycles. The summed E-state index contributed by atoms with van der Waals surface area (Å²) in [6, 6.07) is 14.2. The number of pyridine rings is 1. The van der Waals surface area contributed by atoms with Gasteiger partial charge >= 0.3 is 0 Å². The molecule has 0 saturated heterocycles. The third kappa shape index (κ3) is 3.57. The summed E-state index contributed by atoms with van der Waals surface area (Å²) in [7, 11) is 4.14. The minimum Gasteiger partial charge on any atom is -0.340 e. The van der Waals surface area contributed by atoms with E-state index in [1.807, 2.05) is 18.2 Å². The smallest absolute Gasteiger partial charge is 0.130 e. The molecule has 3 nitrogen and oxygen atoms in total. The van der Waals surface area contributed by atoms with Gasteiger partial charge in [-0.3, -0.25) is 0 Å². The number of benzene rings is 1. The Morgan fingerprint density at radius 2 is 1.82 bits per heavy atom. The van der Waals surface area contributed by atoms with Crippen LogP contribution in [0, 0.1) is 0 Å². The van der Waals surface area contributed by atoms with Gasteiger partial charge in [0.2, 0.25) is 0 Å². The van der Waals surface area contributed by atoms with Gasteiger partial charge in [0.25, 0.3) is 0 Å². The molecule has 1 N–H and O–H groups in total. The molecule has 0 aliphatic heterocycles. The molecule has 2 rings (SSSR count). The van der Waals surface area contributed by atoms with Gasteiger partial charge in [-0.25, -0.2) is 4.98 Å². The second-order valence-electron chi connectivity index (χ2n) is 4.27. The summed E-state index contributed by atoms with van der Waals surface area (Å²) in [6.07, 6.45) is 1.78. The zero-order valence-corrected chi connectivity index (χ0v) is 10.2. The average Bonchev–Trinajstić information content (AvgIpc) is 2.32. The van der Waals surface area contributed by atoms with E-state index in [0.29, 0.717) is 0 Å². The van der Waals surface area contributed by atoms with Crippen molar-refractivity contribution < 1.29 is 0 Å². The van der Waals surface area contributed by atoms with Crippen molar-refractivity contribution in [2.24, 2.45) is 0 Å². The quantitative estimate of drug-likeness (QED) is 0.870. The van der Waals surface area contributed by atoms with E-state index in [9.17, 15) is 0 Å². The van der Waals surface area contributed by atoms with Crippen molar-refractivity contribution in [2.45, 2.75) is 6.54 Å². The minimum absolute atomic E-state index is 0.868. The first-order valence-electron chi connectivity index (χ1n) is 5.66. The molecule has 0 aliphatic carbocycles. The second kappa shape index (κ2) is 5.46. The summed E-state index contributed by atoms with van der Waals surface area (Å²) in [4.78, 5) is 6.38. The topological polar surface area (TPSA) is 28.2 Å². The normalized spacial score (nSPS) is 10.5. The Labute approximate surface area is 102 Å². The largest absolute Gasteiger partial charge is 0.340 e. The van der Waals surface area contributed by atoms with Crippen LogP contribution in [0.25, 0.3) is 0 Å². The third-order valence-electron chi connectivity index (χ3n) is 2.39. The Balaban J connectivity index is 2.03. The molecule has 0 radical (unpaired) electrons. The van der Waals surface area contributed by atoms with Gasteiger partial charge in [-0.1, -0.05) is 18.2 Å². The van der Waals surface area contributed by atoms with Crippen molar-refractivity contribution in [3.05, 3.63) is 54.2 Å². The summed E-state index contributed by atoms with van der Waals surface area (Å²) in [5.41, 5.74) is 2.37. The Hall–Kier alpha value is -1.87. The molecule has 0 fully saturated rings. The van der Waals surface area contributed by atoms with E-state index in [0.717, 1.165) is 18.1 Å². The van der Waals surface area contributed by atoms with Crippen LogP contribution in [0.5, 0.6) is 0 Å². The van der Waals surface area contributed by atoms with E-state index in [4.69, 9.17) is 0 Å². The number of anilines is 2. The van der Waals surface area contributed by atoms with Crippen LogP contribution < -0.4 is 5.32 Å².